The summed E-state index contributed by atoms with van der Waals surface area (Å²) in [7, 11) is 0. The Labute approximate surface area is 236 Å². The van der Waals surface area contributed by atoms with Crippen molar-refractivity contribution in [2.75, 3.05) is 4.90 Å². The van der Waals surface area contributed by atoms with Crippen molar-refractivity contribution in [2.24, 2.45) is 0 Å². The van der Waals surface area contributed by atoms with Gasteiger partial charge in [0.15, 0.2) is 5.11 Å². The number of aryl methyl sites for hydroxylation is 1. The first-order valence-corrected chi connectivity index (χ1v) is 13.2. The molecule has 3 heterocycles. The molecule has 40 heavy (non-hydrogen) atoms. The fourth-order valence-corrected chi connectivity index (χ4v) is 5.28. The number of benzene rings is 3. The number of carboxylic acid groups (broad SMARTS) is 1. The van der Waals surface area contributed by atoms with Crippen LogP contribution in [0, 0.1) is 6.92 Å². The van der Waals surface area contributed by atoms with Crippen LogP contribution >= 0.6 is 12.2 Å². The highest BCUT2D eigenvalue weighted by Gasteiger charge is 2.42. The first-order valence-electron chi connectivity index (χ1n) is 12.8. The van der Waals surface area contributed by atoms with E-state index in [0.29, 0.717) is 27.9 Å². The van der Waals surface area contributed by atoms with Crippen LogP contribution in [0.4, 0.5) is 5.69 Å². The Balaban J connectivity index is 1.37. The number of carbonyl (C=O) groups is 1. The van der Waals surface area contributed by atoms with E-state index in [9.17, 15) is 9.90 Å². The number of carboxylic acids is 1. The fraction of sp³-hybridized carbons (Fsp3) is 0.0938. The van der Waals surface area contributed by atoms with Crippen LogP contribution in [0.15, 0.2) is 114 Å². The summed E-state index contributed by atoms with van der Waals surface area (Å²) in [6.45, 7) is 2.01. The van der Waals surface area contributed by atoms with Crippen molar-refractivity contribution in [3.05, 3.63) is 132 Å². The molecule has 0 unspecified atom stereocenters. The number of hydrogen-bond acceptors (Lipinski definition) is 5. The number of aromatic carboxylic acids is 1. The molecule has 198 valence electrons. The molecule has 2 aromatic heterocycles. The van der Waals surface area contributed by atoms with Gasteiger partial charge in [0.25, 0.3) is 0 Å². The van der Waals surface area contributed by atoms with Crippen molar-refractivity contribution in [1.29, 1.82) is 0 Å². The van der Waals surface area contributed by atoms with Gasteiger partial charge in [-0.3, -0.25) is 4.98 Å². The predicted octanol–water partition coefficient (Wildman–Crippen LogP) is 7.32. The molecule has 1 aliphatic heterocycles. The van der Waals surface area contributed by atoms with Crippen LogP contribution in [-0.4, -0.2) is 21.2 Å². The van der Waals surface area contributed by atoms with Crippen molar-refractivity contribution >= 4 is 29.0 Å². The molecule has 1 aliphatic rings. The monoisotopic (exact) mass is 547 g/mol. The molecule has 3 aromatic carbocycles. The molecule has 0 radical (unpaired) electrons. The second-order valence-corrected chi connectivity index (χ2v) is 9.80. The van der Waals surface area contributed by atoms with Crippen molar-refractivity contribution in [3.8, 4) is 22.8 Å². The molecule has 5 aromatic rings. The summed E-state index contributed by atoms with van der Waals surface area (Å²) in [6, 6.07) is 31.1. The van der Waals surface area contributed by atoms with E-state index in [1.165, 1.54) is 0 Å². The maximum atomic E-state index is 11.8. The number of anilines is 1. The number of thiocarbonyl (C=S) groups is 1. The van der Waals surface area contributed by atoms with Gasteiger partial charge in [-0.25, -0.2) is 4.79 Å². The average molecular weight is 548 g/mol. The van der Waals surface area contributed by atoms with Gasteiger partial charge in [0.2, 0.25) is 0 Å². The van der Waals surface area contributed by atoms with E-state index in [-0.39, 0.29) is 17.6 Å². The number of para-hydroxylation sites is 1. The highest BCUT2D eigenvalue weighted by Crippen LogP contribution is 2.43. The van der Waals surface area contributed by atoms with Crippen LogP contribution in [0.5, 0.6) is 11.5 Å². The third kappa shape index (κ3) is 4.81. The quantitative estimate of drug-likeness (QED) is 0.205. The van der Waals surface area contributed by atoms with Crippen molar-refractivity contribution in [1.82, 2.24) is 10.3 Å². The van der Waals surface area contributed by atoms with Gasteiger partial charge in [-0.05, 0) is 85.4 Å². The molecule has 1 saturated heterocycles. The smallest absolute Gasteiger partial charge is 0.336 e. The number of hydrogen-bond donors (Lipinski definition) is 2. The van der Waals surface area contributed by atoms with E-state index in [0.717, 1.165) is 22.7 Å². The van der Waals surface area contributed by atoms with Crippen molar-refractivity contribution in [2.45, 2.75) is 19.0 Å². The molecule has 2 N–H and O–H groups in total. The van der Waals surface area contributed by atoms with Crippen LogP contribution in [0.2, 0.25) is 0 Å². The summed E-state index contributed by atoms with van der Waals surface area (Å²) in [4.78, 5) is 18.4. The summed E-state index contributed by atoms with van der Waals surface area (Å²) in [5.41, 5.74) is 3.38. The lowest BCUT2D eigenvalue weighted by Gasteiger charge is -2.26. The maximum absolute atomic E-state index is 11.8. The Morgan fingerprint density at radius 1 is 0.950 bits per heavy atom. The van der Waals surface area contributed by atoms with Gasteiger partial charge in [0, 0.05) is 17.4 Å². The topological polar surface area (TPSA) is 87.8 Å². The molecule has 1 fully saturated rings. The molecule has 0 bridgehead atoms. The molecule has 2 atom stereocenters. The second-order valence-electron chi connectivity index (χ2n) is 9.41. The Morgan fingerprint density at radius 3 is 2.45 bits per heavy atom. The van der Waals surface area contributed by atoms with Crippen molar-refractivity contribution < 1.29 is 19.1 Å². The van der Waals surface area contributed by atoms with E-state index in [1.807, 2.05) is 84.6 Å². The summed E-state index contributed by atoms with van der Waals surface area (Å²) in [5.74, 6) is 1.58. The number of ether oxygens (including phenoxy) is 1. The van der Waals surface area contributed by atoms with Gasteiger partial charge in [-0.1, -0.05) is 42.5 Å². The van der Waals surface area contributed by atoms with Crippen LogP contribution < -0.4 is 15.0 Å². The number of aromatic nitrogens is 1. The highest BCUT2D eigenvalue weighted by atomic mass is 32.1. The summed E-state index contributed by atoms with van der Waals surface area (Å²) < 4.78 is 12.4. The molecular weight excluding hydrogens is 522 g/mol. The van der Waals surface area contributed by atoms with E-state index < -0.39 is 5.97 Å². The molecule has 0 aliphatic carbocycles. The van der Waals surface area contributed by atoms with Crippen LogP contribution in [0.3, 0.4) is 0 Å². The normalized spacial score (nSPS) is 16.5. The van der Waals surface area contributed by atoms with Gasteiger partial charge in [0.05, 0.1) is 17.3 Å². The Morgan fingerprint density at radius 2 is 1.70 bits per heavy atom. The first kappa shape index (κ1) is 25.3. The maximum Gasteiger partial charge on any atom is 0.336 e. The fourth-order valence-electron chi connectivity index (χ4n) is 4.94. The zero-order valence-corrected chi connectivity index (χ0v) is 22.3. The minimum Gasteiger partial charge on any atom is -0.478 e. The van der Waals surface area contributed by atoms with Crippen LogP contribution in [0.25, 0.3) is 11.3 Å². The number of nitrogens with zero attached hydrogens (tertiary/aromatic N) is 2. The summed E-state index contributed by atoms with van der Waals surface area (Å²) >= 11 is 5.82. The lowest BCUT2D eigenvalue weighted by atomic mass is 10.0. The van der Waals surface area contributed by atoms with E-state index in [2.05, 4.69) is 10.3 Å². The van der Waals surface area contributed by atoms with Crippen LogP contribution in [0.1, 0.15) is 39.5 Å². The molecule has 0 amide bonds. The van der Waals surface area contributed by atoms with E-state index >= 15 is 0 Å². The zero-order chi connectivity index (χ0) is 27.6. The van der Waals surface area contributed by atoms with E-state index in [4.69, 9.17) is 21.4 Å². The SMILES string of the molecule is Cc1ccccc1Oc1ccc(N2C(=S)N[C@@H](c3ccccn3)[C@H]2c2ccc(-c3ccccc3C(=O)O)o2)cc1. The number of nitrogens with one attached hydrogen (secondary N) is 1. The summed E-state index contributed by atoms with van der Waals surface area (Å²) in [6.07, 6.45) is 1.74. The lowest BCUT2D eigenvalue weighted by Crippen LogP contribution is -2.29. The Bertz CT molecular complexity index is 1680. The molecule has 0 saturated carbocycles. The number of rotatable bonds is 7. The van der Waals surface area contributed by atoms with Crippen molar-refractivity contribution in [3.63, 3.8) is 0 Å². The minimum atomic E-state index is -1.02. The van der Waals surface area contributed by atoms with E-state index in [1.54, 1.807) is 36.5 Å². The zero-order valence-electron chi connectivity index (χ0n) is 21.5. The Hall–Kier alpha value is -4.95. The third-order valence-electron chi connectivity index (χ3n) is 6.88. The summed E-state index contributed by atoms with van der Waals surface area (Å²) in [5, 5.41) is 13.6. The predicted molar refractivity (Wildman–Crippen MR) is 157 cm³/mol. The lowest BCUT2D eigenvalue weighted by molar-refractivity contribution is 0.0697. The number of furan rings is 1. The average Bonchev–Trinajstić information content (AvgIpc) is 3.60. The molecule has 7 nitrogen and oxygen atoms in total. The minimum absolute atomic E-state index is 0.172. The third-order valence-corrected chi connectivity index (χ3v) is 7.19. The highest BCUT2D eigenvalue weighted by molar-refractivity contribution is 7.80. The van der Waals surface area contributed by atoms with Gasteiger partial charge in [-0.2, -0.15) is 0 Å². The number of pyridine rings is 1. The largest absolute Gasteiger partial charge is 0.478 e. The van der Waals surface area contributed by atoms with Crippen LogP contribution in [-0.2, 0) is 0 Å². The van der Waals surface area contributed by atoms with Gasteiger partial charge in [0.1, 0.15) is 29.1 Å². The Kier molecular flexibility index (Phi) is 6.76. The van der Waals surface area contributed by atoms with Gasteiger partial charge in [-0.15, -0.1) is 0 Å². The first-order chi connectivity index (χ1) is 19.5. The molecule has 8 heteroatoms. The molecular formula is C32H25N3O4S. The second kappa shape index (κ2) is 10.7. The molecule has 0 spiro atoms. The molecule has 6 rings (SSSR count). The van der Waals surface area contributed by atoms with Gasteiger partial charge >= 0.3 is 5.97 Å². The standard InChI is InChI=1S/C32H25N3O4S/c1-20-8-2-5-12-26(20)38-22-15-13-21(14-16-22)35-30(29(34-32(35)40)25-11-6-7-19-33-25)28-18-17-27(39-28)23-9-3-4-10-24(23)31(36)37/h2-19,29-30H,1H3,(H,34,40)(H,36,37)/t29-,30+/m0/s1. The van der Waals surface area contributed by atoms with Gasteiger partial charge < -0.3 is 24.5 Å².